The van der Waals surface area contributed by atoms with Gasteiger partial charge in [0.15, 0.2) is 21.3 Å². The standard InChI is InChI=1S/C23H20F3N5O2S2/c1-3-35(32,33)19-8-15(14-6-7-17(27-10-14)13-4-5-13)11-28-20(19)22-30-18-9-16(34-23(24,25)26)12-29-21(18)31(22)2/h6-13H,3-5H2,1-2H3. The fourth-order valence-corrected chi connectivity index (χ4v) is 5.42. The zero-order valence-electron chi connectivity index (χ0n) is 18.7. The van der Waals surface area contributed by atoms with Gasteiger partial charge >= 0.3 is 5.51 Å². The number of imidazole rings is 1. The molecule has 0 aromatic carbocycles. The predicted octanol–water partition coefficient (Wildman–Crippen LogP) is 5.38. The molecule has 0 spiro atoms. The Balaban J connectivity index is 1.61. The second-order valence-corrected chi connectivity index (χ2v) is 11.7. The SMILES string of the molecule is CCS(=O)(=O)c1cc(-c2ccc(C3CC3)nc2)cnc1-c1nc2cc(SC(F)(F)F)cnc2n1C. The van der Waals surface area contributed by atoms with Crippen LogP contribution in [-0.4, -0.2) is 44.2 Å². The van der Waals surface area contributed by atoms with Gasteiger partial charge in [0, 0.05) is 53.3 Å². The number of alkyl halides is 3. The van der Waals surface area contributed by atoms with Crippen LogP contribution in [0.5, 0.6) is 0 Å². The maximum Gasteiger partial charge on any atom is 0.446 e. The summed E-state index contributed by atoms with van der Waals surface area (Å²) in [6.45, 7) is 1.54. The maximum atomic E-state index is 13.0. The monoisotopic (exact) mass is 519 g/mol. The van der Waals surface area contributed by atoms with E-state index in [2.05, 4.69) is 19.9 Å². The van der Waals surface area contributed by atoms with Crippen LogP contribution in [0.25, 0.3) is 33.8 Å². The molecule has 4 aromatic heterocycles. The first-order valence-electron chi connectivity index (χ1n) is 10.8. The molecular formula is C23H20F3N5O2S2. The van der Waals surface area contributed by atoms with E-state index < -0.39 is 15.3 Å². The minimum absolute atomic E-state index is 0.00735. The number of halogens is 3. The molecule has 0 aliphatic heterocycles. The van der Waals surface area contributed by atoms with Crippen LogP contribution >= 0.6 is 11.8 Å². The summed E-state index contributed by atoms with van der Waals surface area (Å²) in [7, 11) is -2.10. The van der Waals surface area contributed by atoms with Gasteiger partial charge in [0.1, 0.15) is 11.2 Å². The van der Waals surface area contributed by atoms with E-state index in [0.717, 1.165) is 30.3 Å². The topological polar surface area (TPSA) is 90.6 Å². The molecule has 0 unspecified atom stereocenters. The second kappa shape index (κ2) is 8.59. The van der Waals surface area contributed by atoms with E-state index in [0.29, 0.717) is 17.1 Å². The normalized spacial score (nSPS) is 14.5. The summed E-state index contributed by atoms with van der Waals surface area (Å²) in [5.74, 6) is 0.544. The summed E-state index contributed by atoms with van der Waals surface area (Å²) >= 11 is -0.286. The van der Waals surface area contributed by atoms with Gasteiger partial charge in [-0.2, -0.15) is 13.2 Å². The van der Waals surface area contributed by atoms with Gasteiger partial charge in [0.2, 0.25) is 0 Å². The van der Waals surface area contributed by atoms with Crippen molar-refractivity contribution in [1.29, 1.82) is 0 Å². The number of aryl methyl sites for hydroxylation is 1. The van der Waals surface area contributed by atoms with E-state index in [-0.39, 0.29) is 44.3 Å². The first-order valence-corrected chi connectivity index (χ1v) is 13.3. The Morgan fingerprint density at radius 1 is 1.06 bits per heavy atom. The zero-order chi connectivity index (χ0) is 25.0. The van der Waals surface area contributed by atoms with Gasteiger partial charge in [-0.25, -0.2) is 18.4 Å². The first kappa shape index (κ1) is 23.7. The molecule has 1 fully saturated rings. The molecule has 0 radical (unpaired) electrons. The molecule has 1 saturated carbocycles. The fraction of sp³-hybridized carbons (Fsp3) is 0.304. The van der Waals surface area contributed by atoms with E-state index >= 15 is 0 Å². The number of fused-ring (bicyclic) bond motifs is 1. The van der Waals surface area contributed by atoms with Gasteiger partial charge in [-0.05, 0) is 42.8 Å². The van der Waals surface area contributed by atoms with Crippen molar-refractivity contribution in [1.82, 2.24) is 24.5 Å². The third-order valence-corrected chi connectivity index (χ3v) is 8.24. The number of nitrogens with zero attached hydrogens (tertiary/aromatic N) is 5. The van der Waals surface area contributed by atoms with Crippen LogP contribution in [0, 0.1) is 0 Å². The minimum atomic E-state index is -4.46. The molecule has 1 aliphatic carbocycles. The summed E-state index contributed by atoms with van der Waals surface area (Å²) in [5.41, 5.74) is -1.46. The molecule has 4 heterocycles. The van der Waals surface area contributed by atoms with Crippen molar-refractivity contribution in [3.63, 3.8) is 0 Å². The van der Waals surface area contributed by atoms with Gasteiger partial charge < -0.3 is 4.57 Å². The lowest BCUT2D eigenvalue weighted by atomic mass is 10.1. The molecule has 7 nitrogen and oxygen atoms in total. The average Bonchev–Trinajstić information content (AvgIpc) is 3.62. The quantitative estimate of drug-likeness (QED) is 0.316. The van der Waals surface area contributed by atoms with Gasteiger partial charge in [-0.15, -0.1) is 0 Å². The molecule has 0 amide bonds. The Morgan fingerprint density at radius 3 is 2.43 bits per heavy atom. The van der Waals surface area contributed by atoms with Crippen molar-refractivity contribution in [2.45, 2.75) is 41.0 Å². The van der Waals surface area contributed by atoms with Crippen molar-refractivity contribution in [2.75, 3.05) is 5.75 Å². The summed E-state index contributed by atoms with van der Waals surface area (Å²) in [5, 5.41) is 0. The highest BCUT2D eigenvalue weighted by Crippen LogP contribution is 2.40. The Labute approximate surface area is 203 Å². The van der Waals surface area contributed by atoms with Crippen LogP contribution in [0.2, 0.25) is 0 Å². The lowest BCUT2D eigenvalue weighted by Crippen LogP contribution is -2.09. The number of pyridine rings is 3. The number of thioether (sulfide) groups is 1. The molecular weight excluding hydrogens is 499 g/mol. The lowest BCUT2D eigenvalue weighted by molar-refractivity contribution is -0.0328. The molecule has 0 N–H and O–H groups in total. The number of rotatable bonds is 6. The Morgan fingerprint density at radius 2 is 1.80 bits per heavy atom. The van der Waals surface area contributed by atoms with Crippen molar-refractivity contribution in [3.8, 4) is 22.6 Å². The molecule has 5 rings (SSSR count). The van der Waals surface area contributed by atoms with E-state index in [4.69, 9.17) is 0 Å². The van der Waals surface area contributed by atoms with E-state index in [1.165, 1.54) is 17.6 Å². The summed E-state index contributed by atoms with van der Waals surface area (Å²) in [6, 6.07) is 6.67. The highest BCUT2D eigenvalue weighted by molar-refractivity contribution is 8.00. The zero-order valence-corrected chi connectivity index (χ0v) is 20.4. The fourth-order valence-electron chi connectivity index (χ4n) is 3.82. The average molecular weight is 520 g/mol. The van der Waals surface area contributed by atoms with Crippen LogP contribution in [0.15, 0.2) is 52.6 Å². The predicted molar refractivity (Wildman–Crippen MR) is 127 cm³/mol. The third kappa shape index (κ3) is 4.76. The van der Waals surface area contributed by atoms with Crippen LogP contribution in [0.3, 0.4) is 0 Å². The Kier molecular flexibility index (Phi) is 5.83. The van der Waals surface area contributed by atoms with Gasteiger partial charge in [-0.1, -0.05) is 13.0 Å². The number of aromatic nitrogens is 5. The highest BCUT2D eigenvalue weighted by Gasteiger charge is 2.30. The smallest absolute Gasteiger partial charge is 0.310 e. The van der Waals surface area contributed by atoms with Crippen LogP contribution < -0.4 is 0 Å². The molecule has 0 saturated heterocycles. The highest BCUT2D eigenvalue weighted by atomic mass is 32.2. The van der Waals surface area contributed by atoms with E-state index in [1.807, 2.05) is 12.1 Å². The lowest BCUT2D eigenvalue weighted by Gasteiger charge is -2.11. The molecule has 35 heavy (non-hydrogen) atoms. The molecule has 0 atom stereocenters. The number of sulfone groups is 1. The Hall–Kier alpha value is -2.99. The van der Waals surface area contributed by atoms with Gasteiger partial charge in [0.25, 0.3) is 0 Å². The van der Waals surface area contributed by atoms with Crippen LogP contribution in [0.4, 0.5) is 13.2 Å². The van der Waals surface area contributed by atoms with E-state index in [1.54, 1.807) is 25.5 Å². The summed E-state index contributed by atoms with van der Waals surface area (Å²) in [6.07, 6.45) is 6.64. The van der Waals surface area contributed by atoms with Gasteiger partial charge in [-0.3, -0.25) is 9.97 Å². The summed E-state index contributed by atoms with van der Waals surface area (Å²) in [4.78, 5) is 17.3. The largest absolute Gasteiger partial charge is 0.446 e. The first-order chi connectivity index (χ1) is 16.6. The number of hydrogen-bond acceptors (Lipinski definition) is 7. The molecule has 12 heteroatoms. The van der Waals surface area contributed by atoms with Crippen LogP contribution in [-0.2, 0) is 16.9 Å². The second-order valence-electron chi connectivity index (χ2n) is 8.28. The molecule has 4 aromatic rings. The molecule has 0 bridgehead atoms. The van der Waals surface area contributed by atoms with Crippen LogP contribution in [0.1, 0.15) is 31.4 Å². The van der Waals surface area contributed by atoms with E-state index in [9.17, 15) is 21.6 Å². The van der Waals surface area contributed by atoms with Crippen molar-refractivity contribution in [3.05, 3.63) is 48.5 Å². The van der Waals surface area contributed by atoms with Crippen molar-refractivity contribution in [2.24, 2.45) is 7.05 Å². The molecule has 182 valence electrons. The summed E-state index contributed by atoms with van der Waals surface area (Å²) < 4.78 is 65.9. The molecule has 1 aliphatic rings. The minimum Gasteiger partial charge on any atom is -0.310 e. The van der Waals surface area contributed by atoms with Gasteiger partial charge in [0.05, 0.1) is 10.6 Å². The van der Waals surface area contributed by atoms with Crippen molar-refractivity contribution < 1.29 is 21.6 Å². The maximum absolute atomic E-state index is 13.0. The third-order valence-electron chi connectivity index (χ3n) is 5.81. The Bertz CT molecular complexity index is 1530. The number of hydrogen-bond donors (Lipinski definition) is 0. The van der Waals surface area contributed by atoms with Crippen molar-refractivity contribution >= 4 is 32.8 Å².